The molecule has 3 unspecified atom stereocenters. The lowest BCUT2D eigenvalue weighted by Gasteiger charge is -2.43. The molecule has 1 saturated carbocycles. The number of carbonyl (C=O) groups is 1. The largest absolute Gasteiger partial charge is 0.481 e. The normalized spacial score (nSPS) is 36.9. The number of carboxylic acids is 1. The molecule has 2 fully saturated rings. The minimum atomic E-state index is -0.602. The van der Waals surface area contributed by atoms with Gasteiger partial charge in [0.15, 0.2) is 0 Å². The summed E-state index contributed by atoms with van der Waals surface area (Å²) in [5.41, 5.74) is 0. The van der Waals surface area contributed by atoms with Crippen molar-refractivity contribution in [2.45, 2.75) is 52.0 Å². The molecule has 2 aliphatic rings. The Morgan fingerprint density at radius 3 is 2.35 bits per heavy atom. The zero-order valence-corrected chi connectivity index (χ0v) is 11.1. The summed E-state index contributed by atoms with van der Waals surface area (Å²) in [7, 11) is 0. The van der Waals surface area contributed by atoms with Crippen LogP contribution >= 0.6 is 0 Å². The summed E-state index contributed by atoms with van der Waals surface area (Å²) in [5, 5.41) is 9.01. The van der Waals surface area contributed by atoms with Gasteiger partial charge in [-0.2, -0.15) is 0 Å². The van der Waals surface area contributed by atoms with Gasteiger partial charge in [-0.1, -0.05) is 20.3 Å². The molecule has 0 radical (unpaired) electrons. The first-order valence-corrected chi connectivity index (χ1v) is 7.04. The molecule has 3 heteroatoms. The highest BCUT2D eigenvalue weighted by Crippen LogP contribution is 2.33. The highest BCUT2D eigenvalue weighted by Gasteiger charge is 2.33. The Bertz CT molecular complexity index is 271. The molecule has 1 N–H and O–H groups in total. The first-order valence-electron chi connectivity index (χ1n) is 7.04. The standard InChI is InChI=1S/C14H25NO2/c1-10-3-4-11(2)13(9-10)15-7-5-12(6-8-15)14(16)17/h10-13H,3-9H2,1-2H3,(H,16,17). The number of piperidine rings is 1. The van der Waals surface area contributed by atoms with E-state index in [1.54, 1.807) is 0 Å². The number of nitrogens with zero attached hydrogens (tertiary/aromatic N) is 1. The average Bonchev–Trinajstić information content (AvgIpc) is 2.32. The summed E-state index contributed by atoms with van der Waals surface area (Å²) in [6.45, 7) is 6.68. The number of likely N-dealkylation sites (tertiary alicyclic amines) is 1. The fourth-order valence-electron chi connectivity index (χ4n) is 3.49. The monoisotopic (exact) mass is 239 g/mol. The number of carboxylic acid groups (broad SMARTS) is 1. The molecule has 98 valence electrons. The Labute approximate surface area is 104 Å². The van der Waals surface area contributed by atoms with Gasteiger partial charge in [-0.15, -0.1) is 0 Å². The van der Waals surface area contributed by atoms with Crippen LogP contribution in [0.15, 0.2) is 0 Å². The van der Waals surface area contributed by atoms with Gasteiger partial charge in [0.1, 0.15) is 0 Å². The van der Waals surface area contributed by atoms with Gasteiger partial charge in [0.05, 0.1) is 5.92 Å². The molecule has 0 bridgehead atoms. The van der Waals surface area contributed by atoms with Crippen LogP contribution in [0.5, 0.6) is 0 Å². The van der Waals surface area contributed by atoms with Crippen LogP contribution in [0.25, 0.3) is 0 Å². The van der Waals surface area contributed by atoms with Crippen LogP contribution in [-0.2, 0) is 4.79 Å². The summed E-state index contributed by atoms with van der Waals surface area (Å²) < 4.78 is 0. The minimum Gasteiger partial charge on any atom is -0.481 e. The molecule has 17 heavy (non-hydrogen) atoms. The predicted octanol–water partition coefficient (Wildman–Crippen LogP) is 2.61. The fraction of sp³-hybridized carbons (Fsp3) is 0.929. The molecular weight excluding hydrogens is 214 g/mol. The number of aliphatic carboxylic acids is 1. The summed E-state index contributed by atoms with van der Waals surface area (Å²) in [5.74, 6) is 0.929. The van der Waals surface area contributed by atoms with Crippen molar-refractivity contribution in [3.8, 4) is 0 Å². The van der Waals surface area contributed by atoms with E-state index < -0.39 is 5.97 Å². The van der Waals surface area contributed by atoms with Crippen LogP contribution in [-0.4, -0.2) is 35.1 Å². The maximum Gasteiger partial charge on any atom is 0.306 e. The van der Waals surface area contributed by atoms with Crippen molar-refractivity contribution in [3.63, 3.8) is 0 Å². The minimum absolute atomic E-state index is 0.0948. The lowest BCUT2D eigenvalue weighted by atomic mass is 9.78. The van der Waals surface area contributed by atoms with Crippen molar-refractivity contribution < 1.29 is 9.90 Å². The highest BCUT2D eigenvalue weighted by molar-refractivity contribution is 5.70. The molecule has 3 nitrogen and oxygen atoms in total. The SMILES string of the molecule is CC1CCC(C)C(N2CCC(C(=O)O)CC2)C1. The second-order valence-electron chi connectivity index (χ2n) is 6.11. The third kappa shape index (κ3) is 3.01. The highest BCUT2D eigenvalue weighted by atomic mass is 16.4. The number of hydrogen-bond donors (Lipinski definition) is 1. The van der Waals surface area contributed by atoms with Crippen molar-refractivity contribution in [3.05, 3.63) is 0 Å². The molecule has 3 atom stereocenters. The van der Waals surface area contributed by atoms with E-state index in [0.29, 0.717) is 6.04 Å². The van der Waals surface area contributed by atoms with E-state index >= 15 is 0 Å². The van der Waals surface area contributed by atoms with Crippen molar-refractivity contribution in [2.24, 2.45) is 17.8 Å². The number of hydrogen-bond acceptors (Lipinski definition) is 2. The van der Waals surface area contributed by atoms with Crippen molar-refractivity contribution in [1.29, 1.82) is 0 Å². The predicted molar refractivity (Wildman–Crippen MR) is 67.9 cm³/mol. The van der Waals surface area contributed by atoms with Gasteiger partial charge in [-0.05, 0) is 50.6 Å². The van der Waals surface area contributed by atoms with E-state index in [4.69, 9.17) is 5.11 Å². The van der Waals surface area contributed by atoms with Gasteiger partial charge >= 0.3 is 5.97 Å². The van der Waals surface area contributed by atoms with Gasteiger partial charge in [0.2, 0.25) is 0 Å². The van der Waals surface area contributed by atoms with Crippen LogP contribution < -0.4 is 0 Å². The smallest absolute Gasteiger partial charge is 0.306 e. The molecule has 1 heterocycles. The van der Waals surface area contributed by atoms with Crippen LogP contribution in [0.3, 0.4) is 0 Å². The lowest BCUT2D eigenvalue weighted by Crippen LogP contribution is -2.47. The molecule has 0 aromatic carbocycles. The Kier molecular flexibility index (Phi) is 4.08. The Morgan fingerprint density at radius 2 is 1.76 bits per heavy atom. The quantitative estimate of drug-likeness (QED) is 0.805. The van der Waals surface area contributed by atoms with Gasteiger partial charge in [0, 0.05) is 6.04 Å². The second-order valence-corrected chi connectivity index (χ2v) is 6.11. The zero-order chi connectivity index (χ0) is 12.4. The van der Waals surface area contributed by atoms with E-state index in [2.05, 4.69) is 18.7 Å². The van der Waals surface area contributed by atoms with Crippen LogP contribution in [0.2, 0.25) is 0 Å². The molecule has 1 saturated heterocycles. The van der Waals surface area contributed by atoms with Crippen LogP contribution in [0.4, 0.5) is 0 Å². The Morgan fingerprint density at radius 1 is 1.12 bits per heavy atom. The van der Waals surface area contributed by atoms with E-state index in [0.717, 1.165) is 37.8 Å². The Balaban J connectivity index is 1.89. The number of rotatable bonds is 2. The topological polar surface area (TPSA) is 40.5 Å². The van der Waals surface area contributed by atoms with Gasteiger partial charge in [-0.3, -0.25) is 4.79 Å². The maximum absolute atomic E-state index is 10.9. The second kappa shape index (κ2) is 5.38. The molecule has 2 rings (SSSR count). The van der Waals surface area contributed by atoms with Gasteiger partial charge in [-0.25, -0.2) is 0 Å². The third-order valence-corrected chi connectivity index (χ3v) is 4.76. The van der Waals surface area contributed by atoms with Crippen molar-refractivity contribution in [2.75, 3.05) is 13.1 Å². The van der Waals surface area contributed by atoms with Crippen LogP contribution in [0, 0.1) is 17.8 Å². The average molecular weight is 239 g/mol. The van der Waals surface area contributed by atoms with Crippen molar-refractivity contribution >= 4 is 5.97 Å². The molecular formula is C14H25NO2. The fourth-order valence-corrected chi connectivity index (χ4v) is 3.49. The van der Waals surface area contributed by atoms with E-state index in [1.165, 1.54) is 19.3 Å². The van der Waals surface area contributed by atoms with E-state index in [-0.39, 0.29) is 5.92 Å². The zero-order valence-electron chi connectivity index (χ0n) is 11.1. The van der Waals surface area contributed by atoms with Crippen molar-refractivity contribution in [1.82, 2.24) is 4.90 Å². The molecule has 0 aromatic rings. The van der Waals surface area contributed by atoms with Gasteiger partial charge < -0.3 is 10.0 Å². The van der Waals surface area contributed by atoms with Gasteiger partial charge in [0.25, 0.3) is 0 Å². The molecule has 0 amide bonds. The first-order chi connectivity index (χ1) is 8.08. The molecule has 1 aliphatic heterocycles. The molecule has 0 aromatic heterocycles. The lowest BCUT2D eigenvalue weighted by molar-refractivity contribution is -0.143. The van der Waals surface area contributed by atoms with E-state index in [1.807, 2.05) is 0 Å². The third-order valence-electron chi connectivity index (χ3n) is 4.76. The summed E-state index contributed by atoms with van der Waals surface area (Å²) in [4.78, 5) is 13.5. The summed E-state index contributed by atoms with van der Waals surface area (Å²) in [6.07, 6.45) is 5.69. The molecule has 1 aliphatic carbocycles. The van der Waals surface area contributed by atoms with Crippen LogP contribution in [0.1, 0.15) is 46.0 Å². The molecule has 0 spiro atoms. The Hall–Kier alpha value is -0.570. The first kappa shape index (κ1) is 12.9. The maximum atomic E-state index is 10.9. The van der Waals surface area contributed by atoms with E-state index in [9.17, 15) is 4.79 Å². The summed E-state index contributed by atoms with van der Waals surface area (Å²) in [6, 6.07) is 0.702. The summed E-state index contributed by atoms with van der Waals surface area (Å²) >= 11 is 0.